The molecule has 0 radical (unpaired) electrons. The Balaban J connectivity index is 1.58. The Morgan fingerprint density at radius 2 is 1.96 bits per heavy atom. The highest BCUT2D eigenvalue weighted by molar-refractivity contribution is 5.80. The van der Waals surface area contributed by atoms with Gasteiger partial charge in [0.25, 0.3) is 0 Å². The highest BCUT2D eigenvalue weighted by Gasteiger charge is 2.14. The standard InChI is InChI=1S/C19H27N5/c1-20-19(23-18-10-3-2-4-11-18)21-14-16-8-5-6-9-17(16)15-24-13-7-12-22-24/h5-9,12-13,18H,2-4,10-11,14-15H2,1H3,(H2,20,21,23). The van der Waals surface area contributed by atoms with Gasteiger partial charge in [-0.15, -0.1) is 0 Å². The third-order valence-electron chi connectivity index (χ3n) is 4.63. The molecule has 1 heterocycles. The van der Waals surface area contributed by atoms with Crippen LogP contribution in [0.4, 0.5) is 0 Å². The normalized spacial score (nSPS) is 16.1. The molecule has 24 heavy (non-hydrogen) atoms. The summed E-state index contributed by atoms with van der Waals surface area (Å²) in [4.78, 5) is 4.38. The Hall–Kier alpha value is -2.30. The van der Waals surface area contributed by atoms with E-state index in [4.69, 9.17) is 0 Å². The van der Waals surface area contributed by atoms with Crippen molar-refractivity contribution in [1.29, 1.82) is 0 Å². The maximum absolute atomic E-state index is 4.38. The van der Waals surface area contributed by atoms with E-state index in [2.05, 4.69) is 45.0 Å². The molecule has 0 aliphatic heterocycles. The summed E-state index contributed by atoms with van der Waals surface area (Å²) in [6, 6.07) is 11.0. The van der Waals surface area contributed by atoms with Gasteiger partial charge in [0.1, 0.15) is 0 Å². The fourth-order valence-electron chi connectivity index (χ4n) is 3.27. The maximum Gasteiger partial charge on any atom is 0.191 e. The summed E-state index contributed by atoms with van der Waals surface area (Å²) in [5.41, 5.74) is 2.56. The number of benzene rings is 1. The molecule has 0 unspecified atom stereocenters. The average molecular weight is 325 g/mol. The number of rotatable bonds is 5. The molecule has 5 heteroatoms. The van der Waals surface area contributed by atoms with Crippen molar-refractivity contribution in [2.75, 3.05) is 7.05 Å². The van der Waals surface area contributed by atoms with E-state index in [9.17, 15) is 0 Å². The van der Waals surface area contributed by atoms with Crippen molar-refractivity contribution < 1.29 is 0 Å². The molecule has 1 aromatic carbocycles. The van der Waals surface area contributed by atoms with E-state index >= 15 is 0 Å². The zero-order chi connectivity index (χ0) is 16.6. The Morgan fingerprint density at radius 1 is 1.17 bits per heavy atom. The quantitative estimate of drug-likeness (QED) is 0.656. The van der Waals surface area contributed by atoms with Crippen LogP contribution in [-0.2, 0) is 13.1 Å². The Bertz CT molecular complexity index is 642. The van der Waals surface area contributed by atoms with Crippen LogP contribution in [0.25, 0.3) is 0 Å². The van der Waals surface area contributed by atoms with Crippen LogP contribution in [0.2, 0.25) is 0 Å². The fraction of sp³-hybridized carbons (Fsp3) is 0.474. The molecule has 1 aromatic heterocycles. The van der Waals surface area contributed by atoms with Crippen LogP contribution >= 0.6 is 0 Å². The number of aromatic nitrogens is 2. The molecule has 0 spiro atoms. The molecular weight excluding hydrogens is 298 g/mol. The molecule has 1 aliphatic rings. The van der Waals surface area contributed by atoms with Crippen LogP contribution in [0.1, 0.15) is 43.2 Å². The summed E-state index contributed by atoms with van der Waals surface area (Å²) >= 11 is 0. The molecule has 0 saturated heterocycles. The Morgan fingerprint density at radius 3 is 2.67 bits per heavy atom. The minimum atomic E-state index is 0.560. The molecular formula is C19H27N5. The van der Waals surface area contributed by atoms with Gasteiger partial charge in [-0.1, -0.05) is 43.5 Å². The highest BCUT2D eigenvalue weighted by Crippen LogP contribution is 2.17. The number of hydrogen-bond donors (Lipinski definition) is 2. The molecule has 0 amide bonds. The summed E-state index contributed by atoms with van der Waals surface area (Å²) in [5.74, 6) is 0.899. The van der Waals surface area contributed by atoms with Crippen molar-refractivity contribution in [2.45, 2.75) is 51.2 Å². The number of aliphatic imine (C=N–C) groups is 1. The molecule has 3 rings (SSSR count). The molecule has 5 nitrogen and oxygen atoms in total. The topological polar surface area (TPSA) is 54.2 Å². The largest absolute Gasteiger partial charge is 0.354 e. The lowest BCUT2D eigenvalue weighted by atomic mass is 9.96. The molecule has 1 aliphatic carbocycles. The van der Waals surface area contributed by atoms with Crippen molar-refractivity contribution in [3.8, 4) is 0 Å². The van der Waals surface area contributed by atoms with E-state index in [0.717, 1.165) is 19.0 Å². The van der Waals surface area contributed by atoms with E-state index in [1.807, 2.05) is 30.2 Å². The van der Waals surface area contributed by atoms with Gasteiger partial charge in [0.05, 0.1) is 6.54 Å². The van der Waals surface area contributed by atoms with Crippen molar-refractivity contribution >= 4 is 5.96 Å². The van der Waals surface area contributed by atoms with Gasteiger partial charge in [0.2, 0.25) is 0 Å². The molecule has 0 bridgehead atoms. The summed E-state index contributed by atoms with van der Waals surface area (Å²) in [6.07, 6.45) is 10.3. The third kappa shape index (κ3) is 4.60. The molecule has 0 atom stereocenters. The lowest BCUT2D eigenvalue weighted by Gasteiger charge is -2.25. The van der Waals surface area contributed by atoms with Gasteiger partial charge in [-0.05, 0) is 30.0 Å². The number of nitrogens with one attached hydrogen (secondary N) is 2. The summed E-state index contributed by atoms with van der Waals surface area (Å²) < 4.78 is 1.95. The third-order valence-corrected chi connectivity index (χ3v) is 4.63. The van der Waals surface area contributed by atoms with Crippen LogP contribution in [-0.4, -0.2) is 28.8 Å². The van der Waals surface area contributed by atoms with Gasteiger partial charge >= 0.3 is 0 Å². The Kier molecular flexibility index (Phi) is 5.88. The molecule has 2 N–H and O–H groups in total. The number of nitrogens with zero attached hydrogens (tertiary/aromatic N) is 3. The van der Waals surface area contributed by atoms with E-state index in [1.165, 1.54) is 43.2 Å². The predicted octanol–water partition coefficient (Wildman–Crippen LogP) is 2.93. The highest BCUT2D eigenvalue weighted by atomic mass is 15.3. The van der Waals surface area contributed by atoms with Gasteiger partial charge in [-0.2, -0.15) is 5.10 Å². The van der Waals surface area contributed by atoms with Crippen molar-refractivity contribution in [1.82, 2.24) is 20.4 Å². The average Bonchev–Trinajstić information content (AvgIpc) is 3.13. The van der Waals surface area contributed by atoms with Gasteiger partial charge in [-0.25, -0.2) is 0 Å². The number of guanidine groups is 1. The van der Waals surface area contributed by atoms with Crippen molar-refractivity contribution in [2.24, 2.45) is 4.99 Å². The SMILES string of the molecule is CN=C(NCc1ccccc1Cn1cccn1)NC1CCCCC1. The molecule has 2 aromatic rings. The first-order valence-corrected chi connectivity index (χ1v) is 8.86. The van der Waals surface area contributed by atoms with Gasteiger partial charge in [0.15, 0.2) is 5.96 Å². The van der Waals surface area contributed by atoms with Gasteiger partial charge in [-0.3, -0.25) is 9.67 Å². The van der Waals surface area contributed by atoms with E-state index in [0.29, 0.717) is 6.04 Å². The minimum Gasteiger partial charge on any atom is -0.354 e. The van der Waals surface area contributed by atoms with Crippen LogP contribution in [0, 0.1) is 0 Å². The van der Waals surface area contributed by atoms with Gasteiger partial charge < -0.3 is 10.6 Å². The first kappa shape index (κ1) is 16.6. The summed E-state index contributed by atoms with van der Waals surface area (Å²) in [7, 11) is 1.84. The lowest BCUT2D eigenvalue weighted by molar-refractivity contribution is 0.410. The van der Waals surface area contributed by atoms with E-state index < -0.39 is 0 Å². The van der Waals surface area contributed by atoms with Crippen LogP contribution < -0.4 is 10.6 Å². The predicted molar refractivity (Wildman–Crippen MR) is 98.0 cm³/mol. The number of hydrogen-bond acceptors (Lipinski definition) is 2. The smallest absolute Gasteiger partial charge is 0.191 e. The minimum absolute atomic E-state index is 0.560. The molecule has 1 fully saturated rings. The molecule has 1 saturated carbocycles. The summed E-state index contributed by atoms with van der Waals surface area (Å²) in [5, 5.41) is 11.3. The Labute approximate surface area is 144 Å². The first-order valence-electron chi connectivity index (χ1n) is 8.86. The summed E-state index contributed by atoms with van der Waals surface area (Å²) in [6.45, 7) is 1.56. The van der Waals surface area contributed by atoms with Gasteiger partial charge in [0, 0.05) is 32.0 Å². The monoisotopic (exact) mass is 325 g/mol. The molecule has 128 valence electrons. The van der Waals surface area contributed by atoms with Crippen molar-refractivity contribution in [3.63, 3.8) is 0 Å². The lowest BCUT2D eigenvalue weighted by Crippen LogP contribution is -2.43. The second kappa shape index (κ2) is 8.52. The van der Waals surface area contributed by atoms with Crippen LogP contribution in [0.5, 0.6) is 0 Å². The zero-order valence-electron chi connectivity index (χ0n) is 14.4. The second-order valence-electron chi connectivity index (χ2n) is 6.38. The second-order valence-corrected chi connectivity index (χ2v) is 6.38. The fourth-order valence-corrected chi connectivity index (χ4v) is 3.27. The van der Waals surface area contributed by atoms with Crippen molar-refractivity contribution in [3.05, 3.63) is 53.9 Å². The zero-order valence-corrected chi connectivity index (χ0v) is 14.4. The first-order chi connectivity index (χ1) is 11.8. The van der Waals surface area contributed by atoms with Crippen LogP contribution in [0.15, 0.2) is 47.7 Å². The van der Waals surface area contributed by atoms with E-state index in [-0.39, 0.29) is 0 Å². The van der Waals surface area contributed by atoms with E-state index in [1.54, 1.807) is 0 Å². The maximum atomic E-state index is 4.38. The van der Waals surface area contributed by atoms with Crippen LogP contribution in [0.3, 0.4) is 0 Å².